The molecule has 138 valence electrons. The number of nitrogens with zero attached hydrogens (tertiary/aromatic N) is 4. The van der Waals surface area contributed by atoms with E-state index in [4.69, 9.17) is 10.5 Å². The number of rotatable bonds is 5. The summed E-state index contributed by atoms with van der Waals surface area (Å²) in [4.78, 5) is 25.7. The smallest absolute Gasteiger partial charge is 0.222 e. The Morgan fingerprint density at radius 2 is 1.96 bits per heavy atom. The Morgan fingerprint density at radius 1 is 1.24 bits per heavy atom. The maximum Gasteiger partial charge on any atom is 0.222 e. The molecule has 1 amide bonds. The van der Waals surface area contributed by atoms with Crippen LogP contribution in [0.25, 0.3) is 0 Å². The fourth-order valence-corrected chi connectivity index (χ4v) is 3.57. The molecule has 1 aromatic rings. The van der Waals surface area contributed by atoms with E-state index in [0.29, 0.717) is 18.9 Å². The van der Waals surface area contributed by atoms with Gasteiger partial charge in [-0.2, -0.15) is 0 Å². The van der Waals surface area contributed by atoms with E-state index >= 15 is 0 Å². The monoisotopic (exact) mass is 347 g/mol. The van der Waals surface area contributed by atoms with Crippen LogP contribution in [0.4, 0.5) is 5.82 Å². The molecule has 0 bridgehead atoms. The van der Waals surface area contributed by atoms with Crippen molar-refractivity contribution in [1.82, 2.24) is 14.9 Å². The van der Waals surface area contributed by atoms with Gasteiger partial charge in [-0.15, -0.1) is 0 Å². The van der Waals surface area contributed by atoms with E-state index in [1.807, 2.05) is 11.8 Å². The van der Waals surface area contributed by atoms with Crippen LogP contribution < -0.4 is 10.6 Å². The molecule has 3 heterocycles. The first-order chi connectivity index (χ1) is 12.2. The van der Waals surface area contributed by atoms with Crippen molar-refractivity contribution >= 4 is 11.7 Å². The Hall–Kier alpha value is -1.73. The number of aryl methyl sites for hydroxylation is 1. The van der Waals surface area contributed by atoms with Crippen molar-refractivity contribution in [2.24, 2.45) is 5.73 Å². The van der Waals surface area contributed by atoms with Crippen LogP contribution in [0, 0.1) is 6.92 Å². The first kappa shape index (κ1) is 18.1. The standard InChI is InChI=1S/C18H29N5O2/c1-14-20-16(13-17(21-14)22-9-11-25-12-10-22)15-4-7-23(8-5-15)18(24)3-2-6-19/h13,15H,2-12,19H2,1H3. The molecule has 2 N–H and O–H groups in total. The van der Waals surface area contributed by atoms with Crippen molar-refractivity contribution in [1.29, 1.82) is 0 Å². The second-order valence-corrected chi connectivity index (χ2v) is 6.84. The van der Waals surface area contributed by atoms with Gasteiger partial charge in [-0.1, -0.05) is 0 Å². The summed E-state index contributed by atoms with van der Waals surface area (Å²) in [5.41, 5.74) is 6.61. The molecule has 0 aromatic carbocycles. The summed E-state index contributed by atoms with van der Waals surface area (Å²) in [5.74, 6) is 2.46. The number of anilines is 1. The quantitative estimate of drug-likeness (QED) is 0.857. The first-order valence-corrected chi connectivity index (χ1v) is 9.33. The molecular formula is C18H29N5O2. The lowest BCUT2D eigenvalue weighted by molar-refractivity contribution is -0.132. The lowest BCUT2D eigenvalue weighted by Crippen LogP contribution is -2.38. The number of hydrogen-bond donors (Lipinski definition) is 1. The first-order valence-electron chi connectivity index (χ1n) is 9.33. The van der Waals surface area contributed by atoms with E-state index in [1.54, 1.807) is 0 Å². The van der Waals surface area contributed by atoms with Gasteiger partial charge < -0.3 is 20.3 Å². The van der Waals surface area contributed by atoms with Gasteiger partial charge >= 0.3 is 0 Å². The molecule has 1 aromatic heterocycles. The van der Waals surface area contributed by atoms with Crippen molar-refractivity contribution in [2.75, 3.05) is 50.8 Å². The van der Waals surface area contributed by atoms with E-state index in [1.165, 1.54) is 0 Å². The zero-order valence-electron chi connectivity index (χ0n) is 15.1. The highest BCUT2D eigenvalue weighted by Gasteiger charge is 2.25. The molecular weight excluding hydrogens is 318 g/mol. The number of piperidine rings is 1. The highest BCUT2D eigenvalue weighted by Crippen LogP contribution is 2.29. The second-order valence-electron chi connectivity index (χ2n) is 6.84. The zero-order chi connectivity index (χ0) is 17.6. The molecule has 2 saturated heterocycles. The number of aromatic nitrogens is 2. The van der Waals surface area contributed by atoms with Crippen molar-refractivity contribution < 1.29 is 9.53 Å². The predicted octanol–water partition coefficient (Wildman–Crippen LogP) is 1.07. The minimum absolute atomic E-state index is 0.233. The van der Waals surface area contributed by atoms with Gasteiger partial charge in [-0.25, -0.2) is 9.97 Å². The van der Waals surface area contributed by atoms with Crippen molar-refractivity contribution in [2.45, 2.75) is 38.5 Å². The number of carbonyl (C=O) groups is 1. The number of nitrogens with two attached hydrogens (primary N) is 1. The number of hydrogen-bond acceptors (Lipinski definition) is 6. The Balaban J connectivity index is 1.63. The Labute approximate surface area is 149 Å². The molecule has 2 aliphatic heterocycles. The van der Waals surface area contributed by atoms with Gasteiger partial charge in [0.15, 0.2) is 0 Å². The summed E-state index contributed by atoms with van der Waals surface area (Å²) in [5, 5.41) is 0. The highest BCUT2D eigenvalue weighted by molar-refractivity contribution is 5.76. The fraction of sp³-hybridized carbons (Fsp3) is 0.722. The minimum atomic E-state index is 0.233. The topological polar surface area (TPSA) is 84.6 Å². The van der Waals surface area contributed by atoms with E-state index in [0.717, 1.165) is 76.0 Å². The van der Waals surface area contributed by atoms with Gasteiger partial charge in [0.05, 0.1) is 13.2 Å². The average Bonchev–Trinajstić information content (AvgIpc) is 2.66. The third-order valence-corrected chi connectivity index (χ3v) is 5.04. The highest BCUT2D eigenvalue weighted by atomic mass is 16.5. The molecule has 0 saturated carbocycles. The lowest BCUT2D eigenvalue weighted by atomic mass is 9.93. The van der Waals surface area contributed by atoms with Crippen LogP contribution >= 0.6 is 0 Å². The van der Waals surface area contributed by atoms with E-state index in [9.17, 15) is 4.79 Å². The second kappa shape index (κ2) is 8.58. The number of carbonyl (C=O) groups excluding carboxylic acids is 1. The van der Waals surface area contributed by atoms with E-state index < -0.39 is 0 Å². The maximum absolute atomic E-state index is 12.1. The van der Waals surface area contributed by atoms with Crippen LogP contribution in [0.1, 0.15) is 43.1 Å². The van der Waals surface area contributed by atoms with E-state index in [-0.39, 0.29) is 5.91 Å². The van der Waals surface area contributed by atoms with Gasteiger partial charge in [-0.05, 0) is 32.7 Å². The van der Waals surface area contributed by atoms with Gasteiger partial charge in [0.2, 0.25) is 5.91 Å². The molecule has 25 heavy (non-hydrogen) atoms. The maximum atomic E-state index is 12.1. The molecule has 2 aliphatic rings. The molecule has 2 fully saturated rings. The summed E-state index contributed by atoms with van der Waals surface area (Å²) in [6, 6.07) is 2.13. The van der Waals surface area contributed by atoms with Crippen LogP contribution in [0.15, 0.2) is 6.07 Å². The third kappa shape index (κ3) is 4.67. The van der Waals surface area contributed by atoms with Crippen molar-refractivity contribution in [3.63, 3.8) is 0 Å². The molecule has 7 nitrogen and oxygen atoms in total. The van der Waals surface area contributed by atoms with E-state index in [2.05, 4.69) is 20.9 Å². The predicted molar refractivity (Wildman–Crippen MR) is 96.6 cm³/mol. The van der Waals surface area contributed by atoms with Crippen molar-refractivity contribution in [3.05, 3.63) is 17.6 Å². The molecule has 0 aliphatic carbocycles. The Bertz CT molecular complexity index is 581. The van der Waals surface area contributed by atoms with Gasteiger partial charge in [0, 0.05) is 50.3 Å². The molecule has 0 radical (unpaired) electrons. The molecule has 0 spiro atoms. The summed E-state index contributed by atoms with van der Waals surface area (Å²) >= 11 is 0. The fourth-order valence-electron chi connectivity index (χ4n) is 3.57. The van der Waals surface area contributed by atoms with Crippen LogP contribution in [0.3, 0.4) is 0 Å². The summed E-state index contributed by atoms with van der Waals surface area (Å²) < 4.78 is 5.43. The third-order valence-electron chi connectivity index (χ3n) is 5.04. The Kier molecular flexibility index (Phi) is 6.20. The number of morpholine rings is 1. The zero-order valence-corrected chi connectivity index (χ0v) is 15.1. The van der Waals surface area contributed by atoms with Crippen LogP contribution in [-0.2, 0) is 9.53 Å². The number of amides is 1. The summed E-state index contributed by atoms with van der Waals surface area (Å²) in [6.07, 6.45) is 3.27. The van der Waals surface area contributed by atoms with Crippen molar-refractivity contribution in [3.8, 4) is 0 Å². The average molecular weight is 347 g/mol. The normalized spacial score (nSPS) is 19.3. The van der Waals surface area contributed by atoms with Crippen LogP contribution in [0.2, 0.25) is 0 Å². The SMILES string of the molecule is Cc1nc(C2CCN(C(=O)CCCN)CC2)cc(N2CCOCC2)n1. The number of likely N-dealkylation sites (tertiary alicyclic amines) is 1. The number of ether oxygens (including phenoxy) is 1. The van der Waals surface area contributed by atoms with Gasteiger partial charge in [0.1, 0.15) is 11.6 Å². The summed E-state index contributed by atoms with van der Waals surface area (Å²) in [7, 11) is 0. The summed E-state index contributed by atoms with van der Waals surface area (Å²) in [6.45, 7) is 7.41. The molecule has 7 heteroatoms. The van der Waals surface area contributed by atoms with Gasteiger partial charge in [0.25, 0.3) is 0 Å². The van der Waals surface area contributed by atoms with Crippen LogP contribution in [0.5, 0.6) is 0 Å². The minimum Gasteiger partial charge on any atom is -0.378 e. The lowest BCUT2D eigenvalue weighted by Gasteiger charge is -2.33. The van der Waals surface area contributed by atoms with Crippen LogP contribution in [-0.4, -0.2) is 66.7 Å². The molecule has 0 unspecified atom stereocenters. The molecule has 3 rings (SSSR count). The Morgan fingerprint density at radius 3 is 2.64 bits per heavy atom. The largest absolute Gasteiger partial charge is 0.378 e. The van der Waals surface area contributed by atoms with Gasteiger partial charge in [-0.3, -0.25) is 4.79 Å². The molecule has 0 atom stereocenters.